The number of unbranched alkanes of at least 4 members (excludes halogenated alkanes) is 1. The van der Waals surface area contributed by atoms with Crippen LogP contribution < -0.4 is 10.1 Å². The van der Waals surface area contributed by atoms with Crippen LogP contribution in [0.5, 0.6) is 5.75 Å². The SMILES string of the molecule is COc1ccc(C(=S)NCCCCC(=O)O)c2ccccc12. The molecule has 0 unspecified atom stereocenters. The van der Waals surface area contributed by atoms with E-state index in [2.05, 4.69) is 5.32 Å². The van der Waals surface area contributed by atoms with Gasteiger partial charge in [0, 0.05) is 23.9 Å². The van der Waals surface area contributed by atoms with Crippen LogP contribution in [0, 0.1) is 0 Å². The van der Waals surface area contributed by atoms with Gasteiger partial charge in [-0.3, -0.25) is 4.79 Å². The number of rotatable bonds is 7. The van der Waals surface area contributed by atoms with Gasteiger partial charge >= 0.3 is 5.97 Å². The largest absolute Gasteiger partial charge is 0.496 e. The highest BCUT2D eigenvalue weighted by atomic mass is 32.1. The number of carboxylic acids is 1. The number of carbonyl (C=O) groups is 1. The quantitative estimate of drug-likeness (QED) is 0.606. The van der Waals surface area contributed by atoms with Gasteiger partial charge in [0.1, 0.15) is 10.7 Å². The molecule has 22 heavy (non-hydrogen) atoms. The molecule has 0 saturated carbocycles. The molecule has 116 valence electrons. The number of ether oxygens (including phenoxy) is 1. The molecule has 0 heterocycles. The number of thiocarbonyl (C=S) groups is 1. The number of aliphatic carboxylic acids is 1. The van der Waals surface area contributed by atoms with Crippen LogP contribution in [-0.4, -0.2) is 29.7 Å². The number of nitrogens with one attached hydrogen (secondary N) is 1. The molecule has 0 spiro atoms. The summed E-state index contributed by atoms with van der Waals surface area (Å²) in [5, 5.41) is 13.9. The summed E-state index contributed by atoms with van der Waals surface area (Å²) in [6.45, 7) is 0.673. The minimum Gasteiger partial charge on any atom is -0.496 e. The smallest absolute Gasteiger partial charge is 0.303 e. The fourth-order valence-electron chi connectivity index (χ4n) is 2.35. The second kappa shape index (κ2) is 7.75. The van der Waals surface area contributed by atoms with Crippen LogP contribution in [0.4, 0.5) is 0 Å². The fraction of sp³-hybridized carbons (Fsp3) is 0.294. The first-order chi connectivity index (χ1) is 10.6. The Hall–Kier alpha value is -2.14. The van der Waals surface area contributed by atoms with Crippen molar-refractivity contribution in [2.75, 3.05) is 13.7 Å². The summed E-state index contributed by atoms with van der Waals surface area (Å²) in [5.41, 5.74) is 0.963. The lowest BCUT2D eigenvalue weighted by molar-refractivity contribution is -0.137. The summed E-state index contributed by atoms with van der Waals surface area (Å²) in [5.74, 6) is 0.0623. The maximum atomic E-state index is 10.5. The van der Waals surface area contributed by atoms with Crippen molar-refractivity contribution in [3.8, 4) is 5.75 Å². The molecule has 0 aliphatic carbocycles. The van der Waals surface area contributed by atoms with Crippen molar-refractivity contribution >= 4 is 33.9 Å². The molecule has 0 aromatic heterocycles. The zero-order valence-electron chi connectivity index (χ0n) is 12.5. The van der Waals surface area contributed by atoms with E-state index in [1.54, 1.807) is 7.11 Å². The number of benzene rings is 2. The molecule has 2 rings (SSSR count). The first-order valence-corrected chi connectivity index (χ1v) is 7.60. The highest BCUT2D eigenvalue weighted by Gasteiger charge is 2.09. The lowest BCUT2D eigenvalue weighted by Gasteiger charge is -2.13. The van der Waals surface area contributed by atoms with Gasteiger partial charge in [0.15, 0.2) is 0 Å². The predicted octanol–water partition coefficient (Wildman–Crippen LogP) is 3.37. The van der Waals surface area contributed by atoms with E-state index in [0.29, 0.717) is 18.0 Å². The van der Waals surface area contributed by atoms with Crippen LogP contribution >= 0.6 is 12.2 Å². The Kier molecular flexibility index (Phi) is 5.72. The van der Waals surface area contributed by atoms with E-state index < -0.39 is 5.97 Å². The first-order valence-electron chi connectivity index (χ1n) is 7.19. The zero-order chi connectivity index (χ0) is 15.9. The molecule has 2 N–H and O–H groups in total. The van der Waals surface area contributed by atoms with E-state index in [9.17, 15) is 4.79 Å². The van der Waals surface area contributed by atoms with Gasteiger partial charge in [-0.1, -0.05) is 36.5 Å². The summed E-state index contributed by atoms with van der Waals surface area (Å²) in [4.78, 5) is 11.1. The molecule has 0 fully saturated rings. The Bertz CT molecular complexity index is 685. The van der Waals surface area contributed by atoms with E-state index in [1.165, 1.54) is 0 Å². The van der Waals surface area contributed by atoms with Crippen LogP contribution in [-0.2, 0) is 4.79 Å². The average molecular weight is 317 g/mol. The maximum absolute atomic E-state index is 10.5. The Labute approximate surface area is 135 Å². The van der Waals surface area contributed by atoms with Crippen LogP contribution in [0.25, 0.3) is 10.8 Å². The molecule has 2 aromatic rings. The van der Waals surface area contributed by atoms with E-state index in [0.717, 1.165) is 28.5 Å². The normalized spacial score (nSPS) is 10.4. The molecular formula is C17H19NO3S. The molecule has 0 radical (unpaired) electrons. The van der Waals surface area contributed by atoms with E-state index in [4.69, 9.17) is 22.1 Å². The molecule has 0 saturated heterocycles. The molecule has 2 aromatic carbocycles. The van der Waals surface area contributed by atoms with Gasteiger partial charge in [-0.2, -0.15) is 0 Å². The summed E-state index contributed by atoms with van der Waals surface area (Å²) < 4.78 is 5.38. The average Bonchev–Trinajstić information content (AvgIpc) is 2.53. The molecular weight excluding hydrogens is 298 g/mol. The minimum absolute atomic E-state index is 0.194. The standard InChI is InChI=1S/C17H19NO3S/c1-21-15-10-9-14(12-6-2-3-7-13(12)15)17(22)18-11-5-4-8-16(19)20/h2-3,6-7,9-10H,4-5,8,11H2,1H3,(H,18,22)(H,19,20). The minimum atomic E-state index is -0.760. The Balaban J connectivity index is 2.07. The maximum Gasteiger partial charge on any atom is 0.303 e. The molecule has 0 aliphatic heterocycles. The topological polar surface area (TPSA) is 58.6 Å². The van der Waals surface area contributed by atoms with E-state index in [1.807, 2.05) is 36.4 Å². The van der Waals surface area contributed by atoms with Gasteiger partial charge in [-0.15, -0.1) is 0 Å². The van der Waals surface area contributed by atoms with Crippen molar-refractivity contribution in [3.63, 3.8) is 0 Å². The number of hydrogen-bond acceptors (Lipinski definition) is 3. The lowest BCUT2D eigenvalue weighted by Crippen LogP contribution is -2.23. The van der Waals surface area contributed by atoms with Gasteiger partial charge in [0.25, 0.3) is 0 Å². The van der Waals surface area contributed by atoms with Gasteiger partial charge in [-0.25, -0.2) is 0 Å². The second-order valence-electron chi connectivity index (χ2n) is 4.97. The molecule has 5 heteroatoms. The number of carboxylic acid groups (broad SMARTS) is 1. The highest BCUT2D eigenvalue weighted by Crippen LogP contribution is 2.28. The molecule has 0 amide bonds. The van der Waals surface area contributed by atoms with Crippen LogP contribution in [0.2, 0.25) is 0 Å². The van der Waals surface area contributed by atoms with Crippen LogP contribution in [0.1, 0.15) is 24.8 Å². The number of fused-ring (bicyclic) bond motifs is 1. The lowest BCUT2D eigenvalue weighted by atomic mass is 10.0. The van der Waals surface area contributed by atoms with Crippen molar-refractivity contribution in [1.29, 1.82) is 0 Å². The zero-order valence-corrected chi connectivity index (χ0v) is 13.3. The van der Waals surface area contributed by atoms with Crippen LogP contribution in [0.3, 0.4) is 0 Å². The fourth-order valence-corrected chi connectivity index (χ4v) is 2.63. The molecule has 0 bridgehead atoms. The summed E-state index contributed by atoms with van der Waals surface area (Å²) in [7, 11) is 1.65. The Morgan fingerprint density at radius 1 is 1.18 bits per heavy atom. The van der Waals surface area contributed by atoms with Gasteiger partial charge < -0.3 is 15.2 Å². The summed E-state index contributed by atoms with van der Waals surface area (Å²) in [6, 6.07) is 11.8. The Morgan fingerprint density at radius 2 is 1.91 bits per heavy atom. The van der Waals surface area contributed by atoms with Crippen molar-refractivity contribution in [1.82, 2.24) is 5.32 Å². The number of hydrogen-bond donors (Lipinski definition) is 2. The predicted molar refractivity (Wildman–Crippen MR) is 91.7 cm³/mol. The summed E-state index contributed by atoms with van der Waals surface area (Å²) >= 11 is 5.46. The second-order valence-corrected chi connectivity index (χ2v) is 5.38. The molecule has 4 nitrogen and oxygen atoms in total. The van der Waals surface area contributed by atoms with Crippen molar-refractivity contribution in [3.05, 3.63) is 42.0 Å². The van der Waals surface area contributed by atoms with Gasteiger partial charge in [-0.05, 0) is 30.4 Å². The van der Waals surface area contributed by atoms with E-state index >= 15 is 0 Å². The van der Waals surface area contributed by atoms with Crippen LogP contribution in [0.15, 0.2) is 36.4 Å². The van der Waals surface area contributed by atoms with E-state index in [-0.39, 0.29) is 6.42 Å². The first kappa shape index (κ1) is 16.2. The third-order valence-electron chi connectivity index (χ3n) is 3.45. The van der Waals surface area contributed by atoms with Crippen molar-refractivity contribution < 1.29 is 14.6 Å². The highest BCUT2D eigenvalue weighted by molar-refractivity contribution is 7.80. The van der Waals surface area contributed by atoms with Crippen molar-refractivity contribution in [2.45, 2.75) is 19.3 Å². The summed E-state index contributed by atoms with van der Waals surface area (Å²) in [6.07, 6.45) is 1.62. The van der Waals surface area contributed by atoms with Crippen molar-refractivity contribution in [2.24, 2.45) is 0 Å². The van der Waals surface area contributed by atoms with Gasteiger partial charge in [0.2, 0.25) is 0 Å². The Morgan fingerprint density at radius 3 is 2.59 bits per heavy atom. The monoisotopic (exact) mass is 317 g/mol. The van der Waals surface area contributed by atoms with Gasteiger partial charge in [0.05, 0.1) is 7.11 Å². The molecule has 0 atom stereocenters. The number of methoxy groups -OCH3 is 1. The third-order valence-corrected chi connectivity index (χ3v) is 3.82. The molecule has 0 aliphatic rings. The third kappa shape index (κ3) is 3.95.